The van der Waals surface area contributed by atoms with Gasteiger partial charge < -0.3 is 10.3 Å². The molecular weight excluding hydrogens is 292 g/mol. The summed E-state index contributed by atoms with van der Waals surface area (Å²) in [5.74, 6) is -0.0725. The minimum Gasteiger partial charge on any atom is -0.349 e. The van der Waals surface area contributed by atoms with Crippen LogP contribution in [0, 0.1) is 0 Å². The lowest BCUT2D eigenvalue weighted by Gasteiger charge is -2.12. The molecule has 0 unspecified atom stereocenters. The van der Waals surface area contributed by atoms with Gasteiger partial charge in [0.2, 0.25) is 5.91 Å². The molecule has 0 fully saturated rings. The first-order valence-electron chi connectivity index (χ1n) is 7.90. The lowest BCUT2D eigenvalue weighted by Crippen LogP contribution is -2.28. The molecule has 3 aromatic rings. The Morgan fingerprint density at radius 2 is 2.17 bits per heavy atom. The van der Waals surface area contributed by atoms with E-state index in [1.807, 2.05) is 24.4 Å². The van der Waals surface area contributed by atoms with Crippen molar-refractivity contribution in [3.63, 3.8) is 0 Å². The molecule has 0 radical (unpaired) electrons. The number of nitrogens with zero attached hydrogens (tertiary/aromatic N) is 4. The van der Waals surface area contributed by atoms with Crippen molar-refractivity contribution in [2.24, 2.45) is 0 Å². The number of pyridine rings is 1. The van der Waals surface area contributed by atoms with E-state index in [-0.39, 0.29) is 12.5 Å². The Bertz CT molecular complexity index is 849. The molecule has 3 aromatic heterocycles. The van der Waals surface area contributed by atoms with Gasteiger partial charge in [-0.25, -0.2) is 9.67 Å². The average molecular weight is 310 g/mol. The number of nitrogens with one attached hydrogen (secondary N) is 2. The van der Waals surface area contributed by atoms with Gasteiger partial charge in [0, 0.05) is 11.6 Å². The molecule has 2 N–H and O–H groups in total. The number of amides is 1. The normalized spacial score (nSPS) is 13.9. The van der Waals surface area contributed by atoms with Crippen LogP contribution in [0.1, 0.15) is 29.9 Å². The van der Waals surface area contributed by atoms with Crippen molar-refractivity contribution >= 4 is 16.9 Å². The minimum absolute atomic E-state index is 0.0725. The minimum atomic E-state index is -0.0725. The van der Waals surface area contributed by atoms with Crippen molar-refractivity contribution in [2.45, 2.75) is 38.8 Å². The topological polar surface area (TPSA) is 88.5 Å². The van der Waals surface area contributed by atoms with Crippen molar-refractivity contribution in [1.82, 2.24) is 30.3 Å². The summed E-state index contributed by atoms with van der Waals surface area (Å²) >= 11 is 0. The number of aryl methyl sites for hydroxylation is 1. The Morgan fingerprint density at radius 1 is 1.26 bits per heavy atom. The monoisotopic (exact) mass is 310 g/mol. The number of hydrogen-bond donors (Lipinski definition) is 2. The molecule has 0 atom stereocenters. The quantitative estimate of drug-likeness (QED) is 0.761. The Morgan fingerprint density at radius 3 is 3.13 bits per heavy atom. The summed E-state index contributed by atoms with van der Waals surface area (Å²) in [6.07, 6.45) is 6.08. The predicted molar refractivity (Wildman–Crippen MR) is 84.6 cm³/mol. The van der Waals surface area contributed by atoms with E-state index < -0.39 is 0 Å². The van der Waals surface area contributed by atoms with Gasteiger partial charge in [-0.05, 0) is 43.9 Å². The van der Waals surface area contributed by atoms with Gasteiger partial charge in [0.1, 0.15) is 12.2 Å². The first kappa shape index (κ1) is 13.9. The maximum Gasteiger partial charge on any atom is 0.242 e. The SMILES string of the molecule is O=C(Cn1nnc2c1CCCC2)NCc1ccc2cc[nH]c2n1. The molecule has 23 heavy (non-hydrogen) atoms. The fourth-order valence-corrected chi connectivity index (χ4v) is 3.00. The van der Waals surface area contributed by atoms with Crippen LogP contribution in [0.5, 0.6) is 0 Å². The number of aromatic nitrogens is 5. The molecular formula is C16H18N6O. The summed E-state index contributed by atoms with van der Waals surface area (Å²) < 4.78 is 1.73. The van der Waals surface area contributed by atoms with E-state index in [1.165, 1.54) is 0 Å². The van der Waals surface area contributed by atoms with Crippen LogP contribution in [-0.4, -0.2) is 30.9 Å². The summed E-state index contributed by atoms with van der Waals surface area (Å²) in [6, 6.07) is 5.89. The number of fused-ring (bicyclic) bond motifs is 2. The highest BCUT2D eigenvalue weighted by Crippen LogP contribution is 2.18. The van der Waals surface area contributed by atoms with Crippen molar-refractivity contribution < 1.29 is 4.79 Å². The Labute approximate surface area is 133 Å². The highest BCUT2D eigenvalue weighted by atomic mass is 16.2. The van der Waals surface area contributed by atoms with E-state index in [0.717, 1.165) is 53.8 Å². The molecule has 0 saturated carbocycles. The Balaban J connectivity index is 1.39. The molecule has 118 valence electrons. The second-order valence-corrected chi connectivity index (χ2v) is 5.84. The van der Waals surface area contributed by atoms with E-state index in [9.17, 15) is 4.79 Å². The zero-order valence-corrected chi connectivity index (χ0v) is 12.7. The molecule has 7 nitrogen and oxygen atoms in total. The highest BCUT2D eigenvalue weighted by molar-refractivity contribution is 5.76. The van der Waals surface area contributed by atoms with Gasteiger partial charge in [0.25, 0.3) is 0 Å². The van der Waals surface area contributed by atoms with Crippen LogP contribution in [0.25, 0.3) is 11.0 Å². The molecule has 1 aliphatic carbocycles. The summed E-state index contributed by atoms with van der Waals surface area (Å²) in [5, 5.41) is 12.2. The van der Waals surface area contributed by atoms with Crippen LogP contribution in [0.3, 0.4) is 0 Å². The smallest absolute Gasteiger partial charge is 0.242 e. The van der Waals surface area contributed by atoms with Gasteiger partial charge in [0.05, 0.1) is 23.6 Å². The van der Waals surface area contributed by atoms with Crippen LogP contribution in [0.15, 0.2) is 24.4 Å². The van der Waals surface area contributed by atoms with E-state index in [4.69, 9.17) is 0 Å². The van der Waals surface area contributed by atoms with Gasteiger partial charge in [-0.3, -0.25) is 4.79 Å². The van der Waals surface area contributed by atoms with Gasteiger partial charge in [0.15, 0.2) is 0 Å². The van der Waals surface area contributed by atoms with Crippen LogP contribution in [0.4, 0.5) is 0 Å². The van der Waals surface area contributed by atoms with Gasteiger partial charge >= 0.3 is 0 Å². The van der Waals surface area contributed by atoms with Crippen LogP contribution < -0.4 is 5.32 Å². The molecule has 7 heteroatoms. The van der Waals surface area contributed by atoms with Crippen molar-refractivity contribution in [1.29, 1.82) is 0 Å². The van der Waals surface area contributed by atoms with Gasteiger partial charge in [-0.1, -0.05) is 5.21 Å². The van der Waals surface area contributed by atoms with E-state index in [0.29, 0.717) is 6.54 Å². The maximum atomic E-state index is 12.1. The zero-order chi connectivity index (χ0) is 15.6. The lowest BCUT2D eigenvalue weighted by atomic mass is 10.0. The second kappa shape index (κ2) is 5.83. The number of hydrogen-bond acceptors (Lipinski definition) is 4. The summed E-state index contributed by atoms with van der Waals surface area (Å²) in [4.78, 5) is 19.7. The summed E-state index contributed by atoms with van der Waals surface area (Å²) in [5.41, 5.74) is 3.82. The molecule has 1 amide bonds. The standard InChI is InChI=1S/C16H18N6O/c23-15(10-22-14-4-2-1-3-13(14)20-21-22)18-9-12-6-5-11-7-8-17-16(11)19-12/h5-8H,1-4,9-10H2,(H,17,19)(H,18,23). The Hall–Kier alpha value is -2.70. The third kappa shape index (κ3) is 2.81. The summed E-state index contributed by atoms with van der Waals surface area (Å²) in [7, 11) is 0. The number of aromatic amines is 1. The molecule has 0 spiro atoms. The molecule has 0 saturated heterocycles. The fraction of sp³-hybridized carbons (Fsp3) is 0.375. The number of H-pyrrole nitrogens is 1. The van der Waals surface area contributed by atoms with E-state index >= 15 is 0 Å². The lowest BCUT2D eigenvalue weighted by molar-refractivity contribution is -0.122. The number of rotatable bonds is 4. The van der Waals surface area contributed by atoms with Crippen molar-refractivity contribution in [2.75, 3.05) is 0 Å². The van der Waals surface area contributed by atoms with E-state index in [1.54, 1.807) is 4.68 Å². The van der Waals surface area contributed by atoms with E-state index in [2.05, 4.69) is 25.6 Å². The molecule has 3 heterocycles. The van der Waals surface area contributed by atoms with Crippen LogP contribution in [-0.2, 0) is 30.7 Å². The average Bonchev–Trinajstić information content (AvgIpc) is 3.20. The molecule has 0 aromatic carbocycles. The summed E-state index contributed by atoms with van der Waals surface area (Å²) in [6.45, 7) is 0.623. The molecule has 0 aliphatic heterocycles. The zero-order valence-electron chi connectivity index (χ0n) is 12.7. The highest BCUT2D eigenvalue weighted by Gasteiger charge is 2.18. The third-order valence-electron chi connectivity index (χ3n) is 4.22. The number of carbonyl (C=O) groups excluding carboxylic acids is 1. The Kier molecular flexibility index (Phi) is 3.53. The van der Waals surface area contributed by atoms with Crippen LogP contribution in [0.2, 0.25) is 0 Å². The van der Waals surface area contributed by atoms with Crippen molar-refractivity contribution in [3.8, 4) is 0 Å². The maximum absolute atomic E-state index is 12.1. The third-order valence-corrected chi connectivity index (χ3v) is 4.22. The first-order valence-corrected chi connectivity index (χ1v) is 7.90. The molecule has 0 bridgehead atoms. The van der Waals surface area contributed by atoms with Crippen LogP contribution >= 0.6 is 0 Å². The van der Waals surface area contributed by atoms with Gasteiger partial charge in [-0.15, -0.1) is 5.10 Å². The molecule has 1 aliphatic rings. The fourth-order valence-electron chi connectivity index (χ4n) is 3.00. The van der Waals surface area contributed by atoms with Crippen molar-refractivity contribution in [3.05, 3.63) is 41.5 Å². The van der Waals surface area contributed by atoms with Gasteiger partial charge in [-0.2, -0.15) is 0 Å². The second-order valence-electron chi connectivity index (χ2n) is 5.84. The first-order chi connectivity index (χ1) is 11.3. The largest absolute Gasteiger partial charge is 0.349 e. The predicted octanol–water partition coefficient (Wildman–Crippen LogP) is 1.35. The molecule has 4 rings (SSSR count). The number of carbonyl (C=O) groups is 1.